The topological polar surface area (TPSA) is 55.4 Å². The first kappa shape index (κ1) is 27.8. The van der Waals surface area contributed by atoms with Gasteiger partial charge in [0.25, 0.3) is 0 Å². The second-order valence-electron chi connectivity index (χ2n) is 6.78. The summed E-state index contributed by atoms with van der Waals surface area (Å²) >= 11 is 0. The van der Waals surface area contributed by atoms with Gasteiger partial charge in [-0.1, -0.05) is 0 Å². The molecule has 0 aromatic carbocycles. The molecular formula is C22H46O6. The maximum Gasteiger partial charge on any atom is 0.160 e. The van der Waals surface area contributed by atoms with Crippen LogP contribution in [0.3, 0.4) is 0 Å². The summed E-state index contributed by atoms with van der Waals surface area (Å²) in [5, 5.41) is 0. The van der Waals surface area contributed by atoms with Gasteiger partial charge < -0.3 is 28.4 Å². The number of rotatable bonds is 20. The van der Waals surface area contributed by atoms with Crippen LogP contribution in [-0.2, 0) is 28.4 Å². The van der Waals surface area contributed by atoms with Crippen LogP contribution in [0.25, 0.3) is 0 Å². The summed E-state index contributed by atoms with van der Waals surface area (Å²) in [6.07, 6.45) is 3.33. The molecule has 0 spiro atoms. The number of ether oxygens (including phenoxy) is 6. The average molecular weight is 407 g/mol. The molecule has 0 heterocycles. The van der Waals surface area contributed by atoms with Crippen molar-refractivity contribution in [2.24, 2.45) is 0 Å². The standard InChI is InChI=1S/C22H46O6/c1-8-23-18(7)14-19(24-9-2)15-20(25-10-3)16-21(26-11-4)17-22(27-12-5)28-13-6/h18-22H,8-17H2,1-7H3. The average Bonchev–Trinajstić information content (AvgIpc) is 2.63. The summed E-state index contributed by atoms with van der Waals surface area (Å²) in [6.45, 7) is 18.2. The highest BCUT2D eigenvalue weighted by molar-refractivity contribution is 4.74. The fraction of sp³-hybridized carbons (Fsp3) is 1.00. The monoisotopic (exact) mass is 406 g/mol. The Morgan fingerprint density at radius 1 is 0.429 bits per heavy atom. The molecule has 0 saturated heterocycles. The van der Waals surface area contributed by atoms with Crippen LogP contribution in [0.15, 0.2) is 0 Å². The first-order chi connectivity index (χ1) is 13.5. The van der Waals surface area contributed by atoms with E-state index in [1.807, 2.05) is 41.5 Å². The molecule has 0 aliphatic rings. The SMILES string of the molecule is CCOC(C)CC(CC(CC(CC(OCC)OCC)OCC)OCC)OCC. The highest BCUT2D eigenvalue weighted by Crippen LogP contribution is 2.21. The first-order valence-corrected chi connectivity index (χ1v) is 11.2. The van der Waals surface area contributed by atoms with Gasteiger partial charge in [-0.25, -0.2) is 0 Å². The molecule has 0 aromatic heterocycles. The lowest BCUT2D eigenvalue weighted by molar-refractivity contribution is -0.161. The van der Waals surface area contributed by atoms with E-state index in [2.05, 4.69) is 6.92 Å². The van der Waals surface area contributed by atoms with Crippen molar-refractivity contribution in [2.45, 2.75) is 105 Å². The maximum atomic E-state index is 6.06. The molecule has 0 aromatic rings. The molecule has 0 radical (unpaired) electrons. The maximum absolute atomic E-state index is 6.06. The van der Waals surface area contributed by atoms with E-state index in [-0.39, 0.29) is 30.7 Å². The molecule has 4 unspecified atom stereocenters. The van der Waals surface area contributed by atoms with Crippen LogP contribution in [0.4, 0.5) is 0 Å². The highest BCUT2D eigenvalue weighted by Gasteiger charge is 2.25. The summed E-state index contributed by atoms with van der Waals surface area (Å²) in [7, 11) is 0. The zero-order valence-corrected chi connectivity index (χ0v) is 19.4. The summed E-state index contributed by atoms with van der Waals surface area (Å²) in [5.41, 5.74) is 0. The van der Waals surface area contributed by atoms with Gasteiger partial charge in [0, 0.05) is 52.5 Å². The van der Waals surface area contributed by atoms with E-state index >= 15 is 0 Å². The van der Waals surface area contributed by atoms with Crippen LogP contribution < -0.4 is 0 Å². The van der Waals surface area contributed by atoms with Gasteiger partial charge in [0.1, 0.15) is 0 Å². The van der Waals surface area contributed by atoms with E-state index in [0.717, 1.165) is 25.9 Å². The Labute approximate surface area is 173 Å². The lowest BCUT2D eigenvalue weighted by atomic mass is 9.99. The molecule has 0 aliphatic heterocycles. The second-order valence-corrected chi connectivity index (χ2v) is 6.78. The minimum absolute atomic E-state index is 0.0243. The van der Waals surface area contributed by atoms with Gasteiger partial charge in [-0.3, -0.25) is 0 Å². The zero-order valence-electron chi connectivity index (χ0n) is 19.4. The largest absolute Gasteiger partial charge is 0.379 e. The normalized spacial score (nSPS) is 16.3. The fourth-order valence-corrected chi connectivity index (χ4v) is 3.48. The van der Waals surface area contributed by atoms with Gasteiger partial charge in [0.15, 0.2) is 6.29 Å². The van der Waals surface area contributed by atoms with Crippen LogP contribution in [0.1, 0.15) is 74.1 Å². The third kappa shape index (κ3) is 13.9. The molecule has 0 bridgehead atoms. The van der Waals surface area contributed by atoms with Gasteiger partial charge in [-0.2, -0.15) is 0 Å². The van der Waals surface area contributed by atoms with Crippen LogP contribution in [-0.4, -0.2) is 70.3 Å². The zero-order chi connectivity index (χ0) is 21.2. The molecule has 4 atom stereocenters. The van der Waals surface area contributed by atoms with Crippen molar-refractivity contribution in [1.29, 1.82) is 0 Å². The Bertz CT molecular complexity index is 322. The predicted molar refractivity (Wildman–Crippen MR) is 113 cm³/mol. The fourth-order valence-electron chi connectivity index (χ4n) is 3.48. The summed E-state index contributed by atoms with van der Waals surface area (Å²) < 4.78 is 35.2. The van der Waals surface area contributed by atoms with Gasteiger partial charge >= 0.3 is 0 Å². The molecule has 28 heavy (non-hydrogen) atoms. The van der Waals surface area contributed by atoms with E-state index in [1.54, 1.807) is 0 Å². The lowest BCUT2D eigenvalue weighted by Crippen LogP contribution is -2.33. The van der Waals surface area contributed by atoms with Gasteiger partial charge in [0.2, 0.25) is 0 Å². The summed E-state index contributed by atoms with van der Waals surface area (Å²) in [5.74, 6) is 0. The number of hydrogen-bond donors (Lipinski definition) is 0. The van der Waals surface area contributed by atoms with E-state index in [9.17, 15) is 0 Å². The quantitative estimate of drug-likeness (QED) is 0.276. The van der Waals surface area contributed by atoms with Crippen LogP contribution in [0, 0.1) is 0 Å². The molecule has 0 aliphatic carbocycles. The third-order valence-corrected chi connectivity index (χ3v) is 4.47. The smallest absolute Gasteiger partial charge is 0.160 e. The Hall–Kier alpha value is -0.240. The molecule has 0 saturated carbocycles. The molecule has 0 amide bonds. The van der Waals surface area contributed by atoms with Crippen LogP contribution in [0.5, 0.6) is 0 Å². The minimum atomic E-state index is -0.241. The molecule has 6 nitrogen and oxygen atoms in total. The Morgan fingerprint density at radius 3 is 1.18 bits per heavy atom. The van der Waals surface area contributed by atoms with E-state index in [1.165, 1.54) is 0 Å². The molecule has 6 heteroatoms. The summed E-state index contributed by atoms with van der Waals surface area (Å²) in [4.78, 5) is 0. The van der Waals surface area contributed by atoms with E-state index in [0.29, 0.717) is 39.5 Å². The Morgan fingerprint density at radius 2 is 0.786 bits per heavy atom. The highest BCUT2D eigenvalue weighted by atomic mass is 16.7. The van der Waals surface area contributed by atoms with Gasteiger partial charge in [0.05, 0.1) is 24.4 Å². The van der Waals surface area contributed by atoms with Gasteiger partial charge in [-0.15, -0.1) is 0 Å². The molecule has 0 rings (SSSR count). The first-order valence-electron chi connectivity index (χ1n) is 11.2. The van der Waals surface area contributed by atoms with Crippen LogP contribution in [0.2, 0.25) is 0 Å². The summed E-state index contributed by atoms with van der Waals surface area (Å²) in [6, 6.07) is 0. The molecule has 0 fully saturated rings. The molecular weight excluding hydrogens is 360 g/mol. The van der Waals surface area contributed by atoms with Crippen molar-refractivity contribution in [2.75, 3.05) is 39.6 Å². The van der Waals surface area contributed by atoms with E-state index < -0.39 is 0 Å². The Balaban J connectivity index is 4.94. The number of hydrogen-bond acceptors (Lipinski definition) is 6. The molecule has 170 valence electrons. The van der Waals surface area contributed by atoms with Crippen LogP contribution >= 0.6 is 0 Å². The van der Waals surface area contributed by atoms with Crippen molar-refractivity contribution in [3.63, 3.8) is 0 Å². The minimum Gasteiger partial charge on any atom is -0.379 e. The van der Waals surface area contributed by atoms with Crippen molar-refractivity contribution in [1.82, 2.24) is 0 Å². The second kappa shape index (κ2) is 18.8. The van der Waals surface area contributed by atoms with Gasteiger partial charge in [-0.05, 0) is 61.3 Å². The molecule has 0 N–H and O–H groups in total. The Kier molecular flexibility index (Phi) is 18.6. The van der Waals surface area contributed by atoms with E-state index in [4.69, 9.17) is 28.4 Å². The predicted octanol–water partition coefficient (Wildman–Crippen LogP) is 4.59. The van der Waals surface area contributed by atoms with Crippen molar-refractivity contribution in [3.05, 3.63) is 0 Å². The van der Waals surface area contributed by atoms with Crippen molar-refractivity contribution < 1.29 is 28.4 Å². The lowest BCUT2D eigenvalue weighted by Gasteiger charge is -2.29. The third-order valence-electron chi connectivity index (χ3n) is 4.47. The van der Waals surface area contributed by atoms with Crippen molar-refractivity contribution in [3.8, 4) is 0 Å². The van der Waals surface area contributed by atoms with Crippen molar-refractivity contribution >= 4 is 0 Å².